The molecule has 0 atom stereocenters. The van der Waals surface area contributed by atoms with E-state index >= 15 is 0 Å². The summed E-state index contributed by atoms with van der Waals surface area (Å²) in [5.74, 6) is 0.494. The quantitative estimate of drug-likeness (QED) is 0.495. The number of aromatic nitrogens is 3. The molecule has 0 amide bonds. The van der Waals surface area contributed by atoms with Gasteiger partial charge in [0.15, 0.2) is 11.4 Å². The van der Waals surface area contributed by atoms with Crippen molar-refractivity contribution in [3.05, 3.63) is 65.0 Å². The fourth-order valence-electron chi connectivity index (χ4n) is 3.10. The minimum Gasteiger partial charge on any atom is -0.478 e. The van der Waals surface area contributed by atoms with E-state index in [2.05, 4.69) is 15.2 Å². The summed E-state index contributed by atoms with van der Waals surface area (Å²) in [5.41, 5.74) is 0.404. The van der Waals surface area contributed by atoms with Gasteiger partial charge in [-0.25, -0.2) is 9.78 Å². The van der Waals surface area contributed by atoms with Gasteiger partial charge in [0.25, 0.3) is 0 Å². The second-order valence-electron chi connectivity index (χ2n) is 8.05. The number of aromatic amines is 1. The first kappa shape index (κ1) is 23.3. The number of nitrogens with one attached hydrogen (secondary N) is 1. The lowest BCUT2D eigenvalue weighted by Gasteiger charge is -2.23. The molecule has 0 saturated heterocycles. The molecule has 2 aromatic carbocycles. The van der Waals surface area contributed by atoms with E-state index in [0.717, 1.165) is 36.1 Å². The smallest absolute Gasteiger partial charge is 0.416 e. The normalized spacial score (nSPS) is 12.1. The highest BCUT2D eigenvalue weighted by atomic mass is 19.4. The fourth-order valence-corrected chi connectivity index (χ4v) is 3.10. The zero-order valence-corrected chi connectivity index (χ0v) is 18.0. The Morgan fingerprint density at radius 3 is 2.38 bits per heavy atom. The highest BCUT2D eigenvalue weighted by Crippen LogP contribution is 2.30. The van der Waals surface area contributed by atoms with Gasteiger partial charge >= 0.3 is 12.1 Å². The zero-order chi connectivity index (χ0) is 23.5. The molecule has 0 saturated carbocycles. The second kappa shape index (κ2) is 9.02. The molecule has 1 heterocycles. The van der Waals surface area contributed by atoms with Crippen molar-refractivity contribution in [2.75, 3.05) is 0 Å². The van der Waals surface area contributed by atoms with Crippen molar-refractivity contribution in [2.24, 2.45) is 0 Å². The average molecular weight is 447 g/mol. The summed E-state index contributed by atoms with van der Waals surface area (Å²) in [6.45, 7) is 4.86. The number of halogens is 3. The maximum absolute atomic E-state index is 12.7. The van der Waals surface area contributed by atoms with Gasteiger partial charge in [0.05, 0.1) is 5.56 Å². The molecular formula is C23H24F3N3O3. The van der Waals surface area contributed by atoms with Crippen LogP contribution in [0.15, 0.2) is 42.5 Å². The van der Waals surface area contributed by atoms with Crippen molar-refractivity contribution in [1.29, 1.82) is 0 Å². The number of benzene rings is 2. The summed E-state index contributed by atoms with van der Waals surface area (Å²) in [6.07, 6.45) is -2.21. The number of ether oxygens (including phenoxy) is 1. The zero-order valence-electron chi connectivity index (χ0n) is 18.0. The summed E-state index contributed by atoms with van der Waals surface area (Å²) in [5, 5.41) is 16.1. The molecule has 170 valence electrons. The molecule has 0 aliphatic carbocycles. The molecule has 6 nitrogen and oxygen atoms in total. The van der Waals surface area contributed by atoms with Crippen LogP contribution in [-0.4, -0.2) is 31.9 Å². The van der Waals surface area contributed by atoms with Crippen LogP contribution in [0.2, 0.25) is 0 Å². The summed E-state index contributed by atoms with van der Waals surface area (Å²) in [7, 11) is 0. The van der Waals surface area contributed by atoms with Gasteiger partial charge in [-0.2, -0.15) is 18.3 Å². The highest BCUT2D eigenvalue weighted by molar-refractivity contribution is 5.76. The number of nitrogens with zero attached hydrogens (tertiary/aromatic N) is 2. The predicted molar refractivity (Wildman–Crippen MR) is 112 cm³/mol. The van der Waals surface area contributed by atoms with Crippen LogP contribution in [0.3, 0.4) is 0 Å². The monoisotopic (exact) mass is 447 g/mol. The number of hydrogen-bond donors (Lipinski definition) is 2. The number of H-pyrrole nitrogens is 1. The predicted octanol–water partition coefficient (Wildman–Crippen LogP) is 5.22. The molecule has 0 unspecified atom stereocenters. The van der Waals surface area contributed by atoms with Crippen molar-refractivity contribution in [3.63, 3.8) is 0 Å². The van der Waals surface area contributed by atoms with Crippen molar-refractivity contribution in [1.82, 2.24) is 15.2 Å². The van der Waals surface area contributed by atoms with Crippen molar-refractivity contribution >= 4 is 5.97 Å². The van der Waals surface area contributed by atoms with Crippen LogP contribution < -0.4 is 4.74 Å². The molecule has 3 aromatic rings. The minimum absolute atomic E-state index is 0.354. The minimum atomic E-state index is -4.38. The van der Waals surface area contributed by atoms with E-state index < -0.39 is 23.3 Å². The Kier molecular flexibility index (Phi) is 6.57. The Bertz CT molecular complexity index is 1090. The van der Waals surface area contributed by atoms with Crippen LogP contribution in [0.5, 0.6) is 5.75 Å². The van der Waals surface area contributed by atoms with Gasteiger partial charge in [0.2, 0.25) is 0 Å². The van der Waals surface area contributed by atoms with Crippen molar-refractivity contribution in [2.45, 2.75) is 51.8 Å². The molecule has 1 aromatic heterocycles. The summed E-state index contributed by atoms with van der Waals surface area (Å²) >= 11 is 0. The number of carboxylic acids is 1. The largest absolute Gasteiger partial charge is 0.478 e. The van der Waals surface area contributed by atoms with Crippen LogP contribution in [0, 0.1) is 6.92 Å². The summed E-state index contributed by atoms with van der Waals surface area (Å²) in [4.78, 5) is 15.6. The number of aliphatic carboxylic acids is 1. The lowest BCUT2D eigenvalue weighted by atomic mass is 10.0. The molecule has 0 radical (unpaired) electrons. The number of carboxylic acid groups (broad SMARTS) is 1. The second-order valence-corrected chi connectivity index (χ2v) is 8.05. The Morgan fingerprint density at radius 2 is 1.78 bits per heavy atom. The molecule has 2 N–H and O–H groups in total. The molecule has 32 heavy (non-hydrogen) atoms. The number of alkyl halides is 3. The van der Waals surface area contributed by atoms with E-state index in [4.69, 9.17) is 4.74 Å². The third kappa shape index (κ3) is 5.66. The number of rotatable bonds is 8. The van der Waals surface area contributed by atoms with Gasteiger partial charge in [0.1, 0.15) is 11.6 Å². The Labute approximate surface area is 183 Å². The Morgan fingerprint density at radius 1 is 1.09 bits per heavy atom. The Hall–Kier alpha value is -3.36. The van der Waals surface area contributed by atoms with Gasteiger partial charge in [-0.05, 0) is 62.9 Å². The highest BCUT2D eigenvalue weighted by Gasteiger charge is 2.30. The van der Waals surface area contributed by atoms with Crippen LogP contribution in [-0.2, 0) is 23.8 Å². The number of aryl methyl sites for hydroxylation is 3. The van der Waals surface area contributed by atoms with E-state index in [-0.39, 0.29) is 0 Å². The lowest BCUT2D eigenvalue weighted by Crippen LogP contribution is -2.38. The van der Waals surface area contributed by atoms with Gasteiger partial charge in [-0.3, -0.25) is 5.10 Å². The van der Waals surface area contributed by atoms with Crippen LogP contribution in [0.1, 0.15) is 42.8 Å². The standard InChI is InChI=1S/C23H24F3N3O3/c1-14-13-15(7-12-18(14)32-22(2,3)21(30)31)5-4-6-19-27-20(29-28-19)16-8-10-17(11-9-16)23(24,25)26/h7-13H,4-6H2,1-3H3,(H,30,31)(H,27,28,29). The van der Waals surface area contributed by atoms with Gasteiger partial charge < -0.3 is 9.84 Å². The van der Waals surface area contributed by atoms with E-state index in [9.17, 15) is 23.1 Å². The summed E-state index contributed by atoms with van der Waals surface area (Å²) < 4.78 is 43.7. The lowest BCUT2D eigenvalue weighted by molar-refractivity contribution is -0.152. The molecule has 0 aliphatic heterocycles. The first-order valence-electron chi connectivity index (χ1n) is 10.1. The van der Waals surface area contributed by atoms with E-state index in [1.807, 2.05) is 19.1 Å². The van der Waals surface area contributed by atoms with Crippen LogP contribution in [0.25, 0.3) is 11.4 Å². The van der Waals surface area contributed by atoms with Gasteiger partial charge in [-0.15, -0.1) is 0 Å². The SMILES string of the molecule is Cc1cc(CCCc2nc(-c3ccc(C(F)(F)F)cc3)n[nH]2)ccc1OC(C)(C)C(=O)O. The molecular weight excluding hydrogens is 423 g/mol. The molecule has 0 bridgehead atoms. The van der Waals surface area contributed by atoms with Crippen molar-refractivity contribution < 1.29 is 27.8 Å². The Balaban J connectivity index is 1.57. The summed E-state index contributed by atoms with van der Waals surface area (Å²) in [6, 6.07) is 10.4. The van der Waals surface area contributed by atoms with Gasteiger partial charge in [0, 0.05) is 12.0 Å². The number of hydrogen-bond acceptors (Lipinski definition) is 4. The van der Waals surface area contributed by atoms with Crippen molar-refractivity contribution in [3.8, 4) is 17.1 Å². The van der Waals surface area contributed by atoms with E-state index in [1.54, 1.807) is 6.07 Å². The molecule has 0 aliphatic rings. The molecule has 3 rings (SSSR count). The van der Waals surface area contributed by atoms with E-state index in [0.29, 0.717) is 29.4 Å². The first-order chi connectivity index (χ1) is 15.0. The third-order valence-electron chi connectivity index (χ3n) is 5.00. The molecule has 0 fully saturated rings. The average Bonchev–Trinajstić information content (AvgIpc) is 3.18. The number of carbonyl (C=O) groups is 1. The first-order valence-corrected chi connectivity index (χ1v) is 10.1. The maximum Gasteiger partial charge on any atom is 0.416 e. The fraction of sp³-hybridized carbons (Fsp3) is 0.348. The van der Waals surface area contributed by atoms with Crippen LogP contribution in [0.4, 0.5) is 13.2 Å². The third-order valence-corrected chi connectivity index (χ3v) is 5.00. The van der Waals surface area contributed by atoms with Gasteiger partial charge in [-0.1, -0.05) is 24.3 Å². The van der Waals surface area contributed by atoms with E-state index in [1.165, 1.54) is 26.0 Å². The topological polar surface area (TPSA) is 88.1 Å². The maximum atomic E-state index is 12.7. The molecule has 0 spiro atoms. The van der Waals surface area contributed by atoms with Crippen LogP contribution >= 0.6 is 0 Å². The molecule has 9 heteroatoms.